The second kappa shape index (κ2) is 4.46. The van der Waals surface area contributed by atoms with E-state index in [1.165, 1.54) is 0 Å². The van der Waals surface area contributed by atoms with Crippen molar-refractivity contribution in [2.24, 2.45) is 0 Å². The van der Waals surface area contributed by atoms with Crippen LogP contribution in [0.5, 0.6) is 0 Å². The van der Waals surface area contributed by atoms with Gasteiger partial charge in [-0.3, -0.25) is 4.79 Å². The molecule has 0 aliphatic rings. The fourth-order valence-corrected chi connectivity index (χ4v) is 1.05. The zero-order valence-electron chi connectivity index (χ0n) is 8.16. The highest BCUT2D eigenvalue weighted by Crippen LogP contribution is 2.10. The van der Waals surface area contributed by atoms with Gasteiger partial charge in [-0.25, -0.2) is 0 Å². The predicted octanol–water partition coefficient (Wildman–Crippen LogP) is 1.57. The fraction of sp³-hybridized carbons (Fsp3) is 0.182. The normalized spacial score (nSPS) is 11.8. The van der Waals surface area contributed by atoms with Gasteiger partial charge < -0.3 is 11.1 Å². The van der Waals surface area contributed by atoms with Crippen LogP contribution in [0.25, 0.3) is 0 Å². The Bertz CT molecular complexity index is 347. The third-order valence-electron chi connectivity index (χ3n) is 1.92. The van der Waals surface area contributed by atoms with E-state index in [-0.39, 0.29) is 11.9 Å². The quantitative estimate of drug-likeness (QED) is 0.561. The first kappa shape index (κ1) is 10.3. The number of carbonyl (C=O) groups is 1. The number of hydrogen-bond acceptors (Lipinski definition) is 2. The van der Waals surface area contributed by atoms with Crippen LogP contribution in [0.2, 0.25) is 0 Å². The summed E-state index contributed by atoms with van der Waals surface area (Å²) >= 11 is 0. The summed E-state index contributed by atoms with van der Waals surface area (Å²) in [6, 6.07) is 6.92. The molecule has 1 atom stereocenters. The van der Waals surface area contributed by atoms with Gasteiger partial charge in [0.05, 0.1) is 5.56 Å². The molecule has 0 saturated heterocycles. The maximum absolute atomic E-state index is 11.6. The van der Waals surface area contributed by atoms with E-state index in [1.54, 1.807) is 30.3 Å². The van der Waals surface area contributed by atoms with Crippen LogP contribution in [0.4, 0.5) is 5.69 Å². The lowest BCUT2D eigenvalue weighted by Crippen LogP contribution is -2.31. The van der Waals surface area contributed by atoms with Gasteiger partial charge in [-0.05, 0) is 19.1 Å². The topological polar surface area (TPSA) is 55.1 Å². The number of nitrogens with one attached hydrogen (secondary N) is 1. The predicted molar refractivity (Wildman–Crippen MR) is 58.0 cm³/mol. The minimum Gasteiger partial charge on any atom is -0.398 e. The van der Waals surface area contributed by atoms with E-state index in [2.05, 4.69) is 11.9 Å². The number of benzene rings is 1. The van der Waals surface area contributed by atoms with Gasteiger partial charge >= 0.3 is 0 Å². The summed E-state index contributed by atoms with van der Waals surface area (Å²) in [6.45, 7) is 5.44. The van der Waals surface area contributed by atoms with Crippen molar-refractivity contribution in [2.45, 2.75) is 13.0 Å². The Morgan fingerprint density at radius 1 is 1.57 bits per heavy atom. The van der Waals surface area contributed by atoms with Crippen LogP contribution in [0.1, 0.15) is 17.3 Å². The SMILES string of the molecule is C=CC(C)NC(=O)c1ccccc1N. The molecule has 0 aliphatic carbocycles. The molecular weight excluding hydrogens is 176 g/mol. The summed E-state index contributed by atoms with van der Waals surface area (Å²) in [4.78, 5) is 11.6. The smallest absolute Gasteiger partial charge is 0.253 e. The summed E-state index contributed by atoms with van der Waals surface area (Å²) in [5.74, 6) is -0.171. The van der Waals surface area contributed by atoms with Crippen molar-refractivity contribution in [3.63, 3.8) is 0 Å². The molecule has 3 heteroatoms. The van der Waals surface area contributed by atoms with Gasteiger partial charge in [0.25, 0.3) is 5.91 Å². The number of hydrogen-bond donors (Lipinski definition) is 2. The molecule has 0 radical (unpaired) electrons. The molecule has 0 spiro atoms. The van der Waals surface area contributed by atoms with Crippen molar-refractivity contribution in [3.8, 4) is 0 Å². The summed E-state index contributed by atoms with van der Waals surface area (Å²) < 4.78 is 0. The lowest BCUT2D eigenvalue weighted by atomic mass is 10.1. The van der Waals surface area contributed by atoms with Crippen molar-refractivity contribution in [1.82, 2.24) is 5.32 Å². The van der Waals surface area contributed by atoms with Crippen molar-refractivity contribution in [2.75, 3.05) is 5.73 Å². The molecule has 0 aliphatic heterocycles. The van der Waals surface area contributed by atoms with Crippen molar-refractivity contribution >= 4 is 11.6 Å². The van der Waals surface area contributed by atoms with E-state index in [1.807, 2.05) is 6.92 Å². The Kier molecular flexibility index (Phi) is 3.29. The fourth-order valence-electron chi connectivity index (χ4n) is 1.05. The summed E-state index contributed by atoms with van der Waals surface area (Å²) in [5.41, 5.74) is 6.64. The lowest BCUT2D eigenvalue weighted by molar-refractivity contribution is 0.0948. The summed E-state index contributed by atoms with van der Waals surface area (Å²) in [7, 11) is 0. The third-order valence-corrected chi connectivity index (χ3v) is 1.92. The van der Waals surface area contributed by atoms with Gasteiger partial charge in [0.1, 0.15) is 0 Å². The maximum atomic E-state index is 11.6. The van der Waals surface area contributed by atoms with E-state index in [4.69, 9.17) is 5.73 Å². The van der Waals surface area contributed by atoms with E-state index >= 15 is 0 Å². The van der Waals surface area contributed by atoms with Crippen LogP contribution >= 0.6 is 0 Å². The van der Waals surface area contributed by atoms with Gasteiger partial charge in [0.2, 0.25) is 0 Å². The molecule has 0 saturated carbocycles. The molecule has 3 N–H and O–H groups in total. The van der Waals surface area contributed by atoms with Crippen LogP contribution in [0.3, 0.4) is 0 Å². The molecule has 14 heavy (non-hydrogen) atoms. The first-order valence-corrected chi connectivity index (χ1v) is 4.43. The summed E-state index contributed by atoms with van der Waals surface area (Å²) in [5, 5.41) is 2.75. The second-order valence-electron chi connectivity index (χ2n) is 3.09. The van der Waals surface area contributed by atoms with Gasteiger partial charge in [-0.2, -0.15) is 0 Å². The number of anilines is 1. The molecular formula is C11H14N2O. The first-order chi connectivity index (χ1) is 6.65. The number of carbonyl (C=O) groups excluding carboxylic acids is 1. The van der Waals surface area contributed by atoms with Gasteiger partial charge in [-0.1, -0.05) is 18.2 Å². The van der Waals surface area contributed by atoms with Crippen LogP contribution in [-0.2, 0) is 0 Å². The van der Waals surface area contributed by atoms with Gasteiger partial charge in [-0.15, -0.1) is 6.58 Å². The molecule has 0 heterocycles. The highest BCUT2D eigenvalue weighted by atomic mass is 16.1. The average molecular weight is 190 g/mol. The monoisotopic (exact) mass is 190 g/mol. The molecule has 3 nitrogen and oxygen atoms in total. The third kappa shape index (κ3) is 2.36. The number of para-hydroxylation sites is 1. The largest absolute Gasteiger partial charge is 0.398 e. The van der Waals surface area contributed by atoms with Gasteiger partial charge in [0.15, 0.2) is 0 Å². The van der Waals surface area contributed by atoms with E-state index < -0.39 is 0 Å². The van der Waals surface area contributed by atoms with Crippen molar-refractivity contribution in [3.05, 3.63) is 42.5 Å². The summed E-state index contributed by atoms with van der Waals surface area (Å²) in [6.07, 6.45) is 1.66. The molecule has 1 unspecified atom stereocenters. The molecule has 1 rings (SSSR count). The zero-order chi connectivity index (χ0) is 10.6. The van der Waals surface area contributed by atoms with Gasteiger partial charge in [0, 0.05) is 11.7 Å². The van der Waals surface area contributed by atoms with E-state index in [9.17, 15) is 4.79 Å². The Morgan fingerprint density at radius 2 is 2.21 bits per heavy atom. The lowest BCUT2D eigenvalue weighted by Gasteiger charge is -2.10. The van der Waals surface area contributed by atoms with E-state index in [0.29, 0.717) is 11.3 Å². The highest BCUT2D eigenvalue weighted by Gasteiger charge is 2.09. The Morgan fingerprint density at radius 3 is 2.79 bits per heavy atom. The van der Waals surface area contributed by atoms with E-state index in [0.717, 1.165) is 0 Å². The van der Waals surface area contributed by atoms with Crippen LogP contribution in [-0.4, -0.2) is 11.9 Å². The number of amides is 1. The van der Waals surface area contributed by atoms with Crippen LogP contribution in [0, 0.1) is 0 Å². The second-order valence-corrected chi connectivity index (χ2v) is 3.09. The number of nitrogens with two attached hydrogens (primary N) is 1. The number of rotatable bonds is 3. The zero-order valence-corrected chi connectivity index (χ0v) is 8.16. The van der Waals surface area contributed by atoms with Crippen molar-refractivity contribution in [1.29, 1.82) is 0 Å². The molecule has 1 aromatic rings. The molecule has 0 bridgehead atoms. The number of nitrogen functional groups attached to an aromatic ring is 1. The standard InChI is InChI=1S/C11H14N2O/c1-3-8(2)13-11(14)9-6-4-5-7-10(9)12/h3-8H,1,12H2,2H3,(H,13,14). The molecule has 0 aromatic heterocycles. The molecule has 1 amide bonds. The first-order valence-electron chi connectivity index (χ1n) is 4.43. The minimum absolute atomic E-state index is 0.0536. The highest BCUT2D eigenvalue weighted by molar-refractivity contribution is 5.99. The average Bonchev–Trinajstić information content (AvgIpc) is 2.18. The Balaban J connectivity index is 2.80. The molecule has 74 valence electrons. The van der Waals surface area contributed by atoms with Crippen LogP contribution in [0.15, 0.2) is 36.9 Å². The minimum atomic E-state index is -0.171. The van der Waals surface area contributed by atoms with Crippen molar-refractivity contribution < 1.29 is 4.79 Å². The maximum Gasteiger partial charge on any atom is 0.253 e. The Hall–Kier alpha value is -1.77. The molecule has 1 aromatic carbocycles. The Labute approximate surface area is 83.6 Å². The van der Waals surface area contributed by atoms with Crippen LogP contribution < -0.4 is 11.1 Å². The molecule has 0 fully saturated rings.